The molecule has 0 amide bonds. The van der Waals surface area contributed by atoms with E-state index in [0.717, 1.165) is 22.4 Å². The second kappa shape index (κ2) is 5.38. The average Bonchev–Trinajstić information content (AvgIpc) is 3.23. The molecule has 0 saturated carbocycles. The lowest BCUT2D eigenvalue weighted by atomic mass is 9.87. The zero-order valence-corrected chi connectivity index (χ0v) is 14.2. The summed E-state index contributed by atoms with van der Waals surface area (Å²) in [6.45, 7) is 6.64. The third-order valence-corrected chi connectivity index (χ3v) is 4.27. The van der Waals surface area contributed by atoms with Crippen LogP contribution in [0.1, 0.15) is 26.3 Å². The third kappa shape index (κ3) is 2.62. The Kier molecular flexibility index (Phi) is 3.31. The molecule has 3 heteroatoms. The minimum absolute atomic E-state index is 0.144. The summed E-state index contributed by atoms with van der Waals surface area (Å²) < 4.78 is 7.99. The molecule has 0 spiro atoms. The van der Waals surface area contributed by atoms with Crippen molar-refractivity contribution in [2.75, 3.05) is 0 Å². The predicted molar refractivity (Wildman–Crippen MR) is 97.5 cm³/mol. The van der Waals surface area contributed by atoms with Gasteiger partial charge in [-0.15, -0.1) is 0 Å². The summed E-state index contributed by atoms with van der Waals surface area (Å²) in [5, 5.41) is 0. The van der Waals surface area contributed by atoms with Crippen LogP contribution < -0.4 is 0 Å². The lowest BCUT2D eigenvalue weighted by Crippen LogP contribution is -2.10. The van der Waals surface area contributed by atoms with Crippen LogP contribution in [0.5, 0.6) is 0 Å². The normalized spacial score (nSPS) is 12.0. The Hall–Kier alpha value is -2.81. The minimum Gasteiger partial charge on any atom is -0.436 e. The van der Waals surface area contributed by atoms with Crippen LogP contribution in [-0.4, -0.2) is 9.55 Å². The molecule has 0 saturated heterocycles. The molecule has 0 aliphatic rings. The lowest BCUT2D eigenvalue weighted by Gasteiger charge is -2.18. The second-order valence-corrected chi connectivity index (χ2v) is 7.09. The van der Waals surface area contributed by atoms with Gasteiger partial charge in [0.05, 0.1) is 0 Å². The molecule has 3 nitrogen and oxygen atoms in total. The van der Waals surface area contributed by atoms with Crippen molar-refractivity contribution >= 4 is 11.1 Å². The van der Waals surface area contributed by atoms with Gasteiger partial charge >= 0.3 is 0 Å². The molecular weight excluding hydrogens is 296 g/mol. The molecule has 24 heavy (non-hydrogen) atoms. The minimum atomic E-state index is 0.144. The van der Waals surface area contributed by atoms with E-state index >= 15 is 0 Å². The Labute approximate surface area is 141 Å². The van der Waals surface area contributed by atoms with E-state index in [2.05, 4.69) is 54.6 Å². The summed E-state index contributed by atoms with van der Waals surface area (Å²) in [6.07, 6.45) is 4.04. The first-order valence-electron chi connectivity index (χ1n) is 8.15. The fourth-order valence-corrected chi connectivity index (χ4v) is 2.82. The van der Waals surface area contributed by atoms with Crippen LogP contribution in [0.25, 0.3) is 28.2 Å². The fraction of sp³-hybridized carbons (Fsp3) is 0.190. The number of hydrogen-bond donors (Lipinski definition) is 0. The second-order valence-electron chi connectivity index (χ2n) is 7.09. The quantitative estimate of drug-likeness (QED) is 0.483. The van der Waals surface area contributed by atoms with Crippen LogP contribution in [0.15, 0.2) is 71.4 Å². The van der Waals surface area contributed by atoms with Crippen LogP contribution >= 0.6 is 0 Å². The summed E-state index contributed by atoms with van der Waals surface area (Å²) in [5.41, 5.74) is 5.21. The molecule has 0 aliphatic carbocycles. The van der Waals surface area contributed by atoms with Gasteiger partial charge in [0.15, 0.2) is 5.58 Å². The van der Waals surface area contributed by atoms with Crippen LogP contribution in [-0.2, 0) is 5.41 Å². The van der Waals surface area contributed by atoms with Crippen LogP contribution in [0.2, 0.25) is 0 Å². The molecule has 0 unspecified atom stereocenters. The molecule has 4 aromatic rings. The summed E-state index contributed by atoms with van der Waals surface area (Å²) in [6, 6.07) is 18.5. The van der Waals surface area contributed by atoms with E-state index in [4.69, 9.17) is 4.42 Å². The van der Waals surface area contributed by atoms with Gasteiger partial charge in [-0.25, -0.2) is 4.98 Å². The lowest BCUT2D eigenvalue weighted by molar-refractivity contribution is 0.589. The van der Waals surface area contributed by atoms with Gasteiger partial charge in [0, 0.05) is 23.6 Å². The molecule has 0 N–H and O–H groups in total. The van der Waals surface area contributed by atoms with Gasteiger partial charge in [0.1, 0.15) is 5.52 Å². The van der Waals surface area contributed by atoms with Crippen molar-refractivity contribution in [2.24, 2.45) is 0 Å². The van der Waals surface area contributed by atoms with Crippen molar-refractivity contribution in [3.63, 3.8) is 0 Å². The maximum Gasteiger partial charge on any atom is 0.227 e. The molecule has 0 fully saturated rings. The van der Waals surface area contributed by atoms with E-state index in [1.807, 2.05) is 42.7 Å². The molecule has 2 aromatic heterocycles. The summed E-state index contributed by atoms with van der Waals surface area (Å²) in [7, 11) is 0. The molecule has 120 valence electrons. The Bertz CT molecular complexity index is 971. The number of rotatable bonds is 2. The first kappa shape index (κ1) is 14.8. The van der Waals surface area contributed by atoms with Gasteiger partial charge in [-0.3, -0.25) is 0 Å². The number of benzene rings is 2. The van der Waals surface area contributed by atoms with E-state index < -0.39 is 0 Å². The highest BCUT2D eigenvalue weighted by molar-refractivity contribution is 5.78. The fourth-order valence-electron chi connectivity index (χ4n) is 2.82. The van der Waals surface area contributed by atoms with Crippen molar-refractivity contribution in [3.05, 3.63) is 72.6 Å². The Morgan fingerprint density at radius 1 is 0.917 bits per heavy atom. The van der Waals surface area contributed by atoms with E-state index in [9.17, 15) is 0 Å². The molecule has 0 aliphatic heterocycles. The van der Waals surface area contributed by atoms with Crippen LogP contribution in [0, 0.1) is 0 Å². The highest BCUT2D eigenvalue weighted by atomic mass is 16.3. The van der Waals surface area contributed by atoms with Gasteiger partial charge in [-0.2, -0.15) is 0 Å². The van der Waals surface area contributed by atoms with Crippen molar-refractivity contribution in [3.8, 4) is 17.1 Å². The molecule has 2 heterocycles. The predicted octanol–water partition coefficient (Wildman–Crippen LogP) is 5.58. The Morgan fingerprint density at radius 2 is 1.62 bits per heavy atom. The average molecular weight is 316 g/mol. The van der Waals surface area contributed by atoms with Crippen LogP contribution in [0.4, 0.5) is 0 Å². The molecule has 0 bridgehead atoms. The van der Waals surface area contributed by atoms with Gasteiger partial charge in [0.25, 0.3) is 0 Å². The highest BCUT2D eigenvalue weighted by Gasteiger charge is 2.14. The molecule has 0 radical (unpaired) electrons. The monoisotopic (exact) mass is 316 g/mol. The first-order valence-corrected chi connectivity index (χ1v) is 8.15. The zero-order chi connectivity index (χ0) is 16.7. The molecule has 2 aromatic carbocycles. The summed E-state index contributed by atoms with van der Waals surface area (Å²) in [4.78, 5) is 4.67. The largest absolute Gasteiger partial charge is 0.436 e. The number of aromatic nitrogens is 2. The van der Waals surface area contributed by atoms with E-state index in [0.29, 0.717) is 5.89 Å². The van der Waals surface area contributed by atoms with Crippen LogP contribution in [0.3, 0.4) is 0 Å². The maximum absolute atomic E-state index is 5.93. The third-order valence-electron chi connectivity index (χ3n) is 4.27. The van der Waals surface area contributed by atoms with Gasteiger partial charge in [-0.1, -0.05) is 32.9 Å². The number of nitrogens with zero attached hydrogens (tertiary/aromatic N) is 2. The number of hydrogen-bond acceptors (Lipinski definition) is 2. The van der Waals surface area contributed by atoms with E-state index in [1.165, 1.54) is 5.56 Å². The van der Waals surface area contributed by atoms with Gasteiger partial charge in [0.2, 0.25) is 5.89 Å². The van der Waals surface area contributed by atoms with Gasteiger partial charge < -0.3 is 8.98 Å². The van der Waals surface area contributed by atoms with E-state index in [-0.39, 0.29) is 5.41 Å². The van der Waals surface area contributed by atoms with Crippen molar-refractivity contribution in [1.29, 1.82) is 0 Å². The summed E-state index contributed by atoms with van der Waals surface area (Å²) >= 11 is 0. The van der Waals surface area contributed by atoms with Crippen molar-refractivity contribution in [1.82, 2.24) is 9.55 Å². The molecule has 0 atom stereocenters. The van der Waals surface area contributed by atoms with E-state index in [1.54, 1.807) is 0 Å². The smallest absolute Gasteiger partial charge is 0.227 e. The zero-order valence-electron chi connectivity index (χ0n) is 14.2. The number of oxazole rings is 1. The van der Waals surface area contributed by atoms with Gasteiger partial charge in [-0.05, 0) is 53.4 Å². The molecule has 4 rings (SSSR count). The Morgan fingerprint density at radius 3 is 2.29 bits per heavy atom. The maximum atomic E-state index is 5.93. The van der Waals surface area contributed by atoms with Crippen molar-refractivity contribution in [2.45, 2.75) is 26.2 Å². The van der Waals surface area contributed by atoms with Crippen molar-refractivity contribution < 1.29 is 4.42 Å². The molecular formula is C21H20N2O. The first-order chi connectivity index (χ1) is 11.5. The standard InChI is InChI=1S/C21H20N2O/c1-21(2,3)16-8-6-15(7-9-16)20-22-18-14-17(10-11-19(18)24-20)23-12-4-5-13-23/h4-14H,1-3H3. The highest BCUT2D eigenvalue weighted by Crippen LogP contribution is 2.28. The Balaban J connectivity index is 1.72. The topological polar surface area (TPSA) is 31.0 Å². The SMILES string of the molecule is CC(C)(C)c1ccc(-c2nc3cc(-n4cccc4)ccc3o2)cc1. The summed E-state index contributed by atoms with van der Waals surface area (Å²) in [5.74, 6) is 0.662. The number of fused-ring (bicyclic) bond motifs is 1.